The number of carbonyl (C=O) groups excluding carboxylic acids is 1. The summed E-state index contributed by atoms with van der Waals surface area (Å²) in [6.07, 6.45) is 0. The van der Waals surface area contributed by atoms with Crippen LogP contribution >= 0.6 is 11.6 Å². The Bertz CT molecular complexity index is 734. The van der Waals surface area contributed by atoms with E-state index in [1.807, 2.05) is 0 Å². The maximum Gasteiger partial charge on any atom is 0.352 e. The Morgan fingerprint density at radius 3 is 2.42 bits per heavy atom. The molecule has 0 bridgehead atoms. The van der Waals surface area contributed by atoms with Crippen LogP contribution in [0, 0.1) is 0 Å². The summed E-state index contributed by atoms with van der Waals surface area (Å²) in [5, 5.41) is 2.75. The molecular formula is C12H10ClN3O3. The van der Waals surface area contributed by atoms with Gasteiger partial charge in [0.1, 0.15) is 0 Å². The summed E-state index contributed by atoms with van der Waals surface area (Å²) in [6, 6.07) is 8.49. The van der Waals surface area contributed by atoms with Crippen molar-refractivity contribution in [1.82, 2.24) is 14.3 Å². The van der Waals surface area contributed by atoms with Gasteiger partial charge in [-0.05, 0) is 30.7 Å². The highest BCUT2D eigenvalue weighted by Gasteiger charge is 2.17. The molecule has 0 fully saturated rings. The lowest BCUT2D eigenvalue weighted by molar-refractivity contribution is 0.107. The Labute approximate surface area is 112 Å². The van der Waals surface area contributed by atoms with E-state index < -0.39 is 22.2 Å². The summed E-state index contributed by atoms with van der Waals surface area (Å²) in [4.78, 5) is 35.1. The molecule has 0 saturated heterocycles. The molecular weight excluding hydrogens is 270 g/mol. The van der Waals surface area contributed by atoms with E-state index in [2.05, 4.69) is 5.10 Å². The number of rotatable bonds is 3. The summed E-state index contributed by atoms with van der Waals surface area (Å²) in [6.45, 7) is 1.75. The minimum Gasteiger partial charge on any atom is -0.274 e. The smallest absolute Gasteiger partial charge is 0.274 e. The van der Waals surface area contributed by atoms with Gasteiger partial charge in [0, 0.05) is 6.54 Å². The normalized spacial score (nSPS) is 10.4. The van der Waals surface area contributed by atoms with Crippen molar-refractivity contribution in [3.63, 3.8) is 0 Å². The van der Waals surface area contributed by atoms with Gasteiger partial charge in [-0.2, -0.15) is 9.78 Å². The molecule has 2 aromatic rings. The average molecular weight is 280 g/mol. The third-order valence-electron chi connectivity index (χ3n) is 2.56. The summed E-state index contributed by atoms with van der Waals surface area (Å²) >= 11 is 5.32. The van der Waals surface area contributed by atoms with Crippen LogP contribution in [0.15, 0.2) is 39.9 Å². The van der Waals surface area contributed by atoms with Crippen LogP contribution in [0.3, 0.4) is 0 Å². The Balaban J connectivity index is 2.83. The Hall–Kier alpha value is -2.21. The number of carbonyl (C=O) groups is 1. The quantitative estimate of drug-likeness (QED) is 0.779. The van der Waals surface area contributed by atoms with Crippen LogP contribution < -0.4 is 11.2 Å². The minimum absolute atomic E-state index is 0.129. The highest BCUT2D eigenvalue weighted by molar-refractivity contribution is 6.67. The molecule has 0 amide bonds. The number of hydrogen-bond donors (Lipinski definition) is 0. The second kappa shape index (κ2) is 5.19. The van der Waals surface area contributed by atoms with Crippen LogP contribution in [-0.2, 0) is 6.54 Å². The van der Waals surface area contributed by atoms with E-state index >= 15 is 0 Å². The van der Waals surface area contributed by atoms with Gasteiger partial charge >= 0.3 is 5.69 Å². The zero-order valence-electron chi connectivity index (χ0n) is 10.0. The van der Waals surface area contributed by atoms with Gasteiger partial charge in [-0.3, -0.25) is 14.2 Å². The minimum atomic E-state index is -0.989. The van der Waals surface area contributed by atoms with E-state index in [1.165, 1.54) is 0 Å². The van der Waals surface area contributed by atoms with Crippen molar-refractivity contribution >= 4 is 16.8 Å². The molecule has 98 valence electrons. The van der Waals surface area contributed by atoms with E-state index in [9.17, 15) is 14.4 Å². The number of hydrogen-bond acceptors (Lipinski definition) is 4. The van der Waals surface area contributed by atoms with Gasteiger partial charge < -0.3 is 0 Å². The van der Waals surface area contributed by atoms with Gasteiger partial charge in [-0.1, -0.05) is 18.2 Å². The first-order valence-electron chi connectivity index (χ1n) is 5.55. The molecule has 1 aromatic carbocycles. The molecule has 0 spiro atoms. The molecule has 0 aliphatic heterocycles. The van der Waals surface area contributed by atoms with Crippen molar-refractivity contribution in [2.75, 3.05) is 0 Å². The lowest BCUT2D eigenvalue weighted by Crippen LogP contribution is -2.43. The molecule has 6 nitrogen and oxygen atoms in total. The zero-order valence-corrected chi connectivity index (χ0v) is 10.8. The van der Waals surface area contributed by atoms with E-state index in [1.54, 1.807) is 37.3 Å². The molecule has 0 saturated carbocycles. The first-order valence-corrected chi connectivity index (χ1v) is 5.93. The Kier molecular flexibility index (Phi) is 3.62. The maximum atomic E-state index is 12.1. The standard InChI is InChI=1S/C12H10ClN3O3/c1-2-15-11(18)9(10(13)17)14-16(12(15)19)8-6-4-3-5-7-8/h3-7H,2H2,1H3. The number of para-hydroxylation sites is 1. The predicted molar refractivity (Wildman–Crippen MR) is 70.0 cm³/mol. The number of halogens is 1. The Morgan fingerprint density at radius 2 is 1.89 bits per heavy atom. The van der Waals surface area contributed by atoms with Crippen LogP contribution in [0.1, 0.15) is 17.4 Å². The highest BCUT2D eigenvalue weighted by atomic mass is 35.5. The van der Waals surface area contributed by atoms with Gasteiger partial charge in [0.15, 0.2) is 0 Å². The number of benzene rings is 1. The van der Waals surface area contributed by atoms with Crippen molar-refractivity contribution in [2.24, 2.45) is 0 Å². The first-order chi connectivity index (χ1) is 9.06. The SMILES string of the molecule is CCn1c(=O)c(C(=O)Cl)nn(-c2ccccc2)c1=O. The van der Waals surface area contributed by atoms with Gasteiger partial charge in [0.05, 0.1) is 5.69 Å². The van der Waals surface area contributed by atoms with Crippen molar-refractivity contribution < 1.29 is 4.79 Å². The number of aromatic nitrogens is 3. The fourth-order valence-electron chi connectivity index (χ4n) is 1.65. The van der Waals surface area contributed by atoms with Crippen LogP contribution in [0.25, 0.3) is 5.69 Å². The lowest BCUT2D eigenvalue weighted by atomic mass is 10.3. The molecule has 1 heterocycles. The molecule has 0 radical (unpaired) electrons. The van der Waals surface area contributed by atoms with Crippen LogP contribution in [0.2, 0.25) is 0 Å². The fourth-order valence-corrected chi connectivity index (χ4v) is 1.77. The molecule has 19 heavy (non-hydrogen) atoms. The van der Waals surface area contributed by atoms with Gasteiger partial charge in [-0.25, -0.2) is 4.79 Å². The first kappa shape index (κ1) is 13.2. The molecule has 0 atom stereocenters. The summed E-state index contributed by atoms with van der Waals surface area (Å²) in [7, 11) is 0. The molecule has 2 rings (SSSR count). The van der Waals surface area contributed by atoms with Crippen LogP contribution in [-0.4, -0.2) is 19.6 Å². The number of nitrogens with zero attached hydrogens (tertiary/aromatic N) is 3. The maximum absolute atomic E-state index is 12.1. The van der Waals surface area contributed by atoms with Gasteiger partial charge in [0.2, 0.25) is 5.69 Å². The lowest BCUT2D eigenvalue weighted by Gasteiger charge is -2.08. The molecule has 0 aliphatic carbocycles. The summed E-state index contributed by atoms with van der Waals surface area (Å²) < 4.78 is 1.90. The fraction of sp³-hybridized carbons (Fsp3) is 0.167. The van der Waals surface area contributed by atoms with Crippen LogP contribution in [0.4, 0.5) is 0 Å². The second-order valence-electron chi connectivity index (χ2n) is 3.70. The third kappa shape index (κ3) is 2.34. The zero-order chi connectivity index (χ0) is 14.0. The van der Waals surface area contributed by atoms with E-state index in [0.717, 1.165) is 9.25 Å². The summed E-state index contributed by atoms with van der Waals surface area (Å²) in [5.41, 5.74) is -1.40. The summed E-state index contributed by atoms with van der Waals surface area (Å²) in [5.74, 6) is 0. The average Bonchev–Trinajstić information content (AvgIpc) is 2.40. The van der Waals surface area contributed by atoms with E-state index in [4.69, 9.17) is 11.6 Å². The third-order valence-corrected chi connectivity index (χ3v) is 2.74. The molecule has 0 unspecified atom stereocenters. The van der Waals surface area contributed by atoms with Crippen molar-refractivity contribution in [3.8, 4) is 5.69 Å². The van der Waals surface area contributed by atoms with Crippen molar-refractivity contribution in [3.05, 3.63) is 56.9 Å². The molecule has 0 N–H and O–H groups in total. The monoisotopic (exact) mass is 279 g/mol. The molecule has 1 aromatic heterocycles. The van der Waals surface area contributed by atoms with E-state index in [0.29, 0.717) is 5.69 Å². The second-order valence-corrected chi connectivity index (χ2v) is 4.04. The molecule has 0 aliphatic rings. The van der Waals surface area contributed by atoms with Crippen LogP contribution in [0.5, 0.6) is 0 Å². The van der Waals surface area contributed by atoms with Crippen molar-refractivity contribution in [2.45, 2.75) is 13.5 Å². The molecule has 7 heteroatoms. The Morgan fingerprint density at radius 1 is 1.26 bits per heavy atom. The topological polar surface area (TPSA) is 74.0 Å². The van der Waals surface area contributed by atoms with Gasteiger partial charge in [-0.15, -0.1) is 0 Å². The highest BCUT2D eigenvalue weighted by Crippen LogP contribution is 2.02. The largest absolute Gasteiger partial charge is 0.352 e. The van der Waals surface area contributed by atoms with Gasteiger partial charge in [0.25, 0.3) is 10.8 Å². The van der Waals surface area contributed by atoms with E-state index in [-0.39, 0.29) is 6.54 Å². The predicted octanol–water partition coefficient (Wildman–Crippen LogP) is 0.793. The van der Waals surface area contributed by atoms with Crippen molar-refractivity contribution in [1.29, 1.82) is 0 Å².